The number of benzene rings is 2. The molecule has 0 aliphatic rings. The Labute approximate surface area is 155 Å². The molecule has 0 aromatic heterocycles. The Kier molecular flexibility index (Phi) is 6.19. The fourth-order valence-electron chi connectivity index (χ4n) is 2.13. The quantitative estimate of drug-likeness (QED) is 0.696. The largest absolute Gasteiger partial charge is 0.449 e. The average Bonchev–Trinajstić information content (AvgIpc) is 2.58. The predicted octanol–water partition coefficient (Wildman–Crippen LogP) is 3.32. The molecule has 0 saturated carbocycles. The van der Waals surface area contributed by atoms with Crippen molar-refractivity contribution in [3.05, 3.63) is 58.6 Å². The number of halogens is 1. The Hall–Kier alpha value is -3.06. The zero-order chi connectivity index (χ0) is 19.3. The van der Waals surface area contributed by atoms with Crippen molar-refractivity contribution in [2.24, 2.45) is 5.73 Å². The van der Waals surface area contributed by atoms with Crippen molar-refractivity contribution in [2.45, 2.75) is 20.0 Å². The van der Waals surface area contributed by atoms with Gasteiger partial charge in [-0.2, -0.15) is 0 Å². The van der Waals surface area contributed by atoms with Gasteiger partial charge in [0.1, 0.15) is 0 Å². The van der Waals surface area contributed by atoms with Gasteiger partial charge in [0.05, 0.1) is 5.56 Å². The summed E-state index contributed by atoms with van der Waals surface area (Å²) in [5.41, 5.74) is 6.81. The van der Waals surface area contributed by atoms with E-state index in [1.807, 2.05) is 0 Å². The molecule has 0 aliphatic carbocycles. The van der Waals surface area contributed by atoms with Crippen LogP contribution in [-0.4, -0.2) is 24.0 Å². The van der Waals surface area contributed by atoms with Gasteiger partial charge in [-0.05, 0) is 49.7 Å². The highest BCUT2D eigenvalue weighted by molar-refractivity contribution is 6.31. The summed E-state index contributed by atoms with van der Waals surface area (Å²) in [6.07, 6.45) is -1.03. The molecule has 0 radical (unpaired) electrons. The molecule has 7 nitrogen and oxygen atoms in total. The molecule has 2 rings (SSSR count). The van der Waals surface area contributed by atoms with Gasteiger partial charge in [0.2, 0.25) is 0 Å². The summed E-state index contributed by atoms with van der Waals surface area (Å²) in [5, 5.41) is 5.55. The van der Waals surface area contributed by atoms with E-state index in [2.05, 4.69) is 10.6 Å². The van der Waals surface area contributed by atoms with Crippen LogP contribution in [0, 0.1) is 6.92 Å². The number of anilines is 2. The molecule has 3 amide bonds. The van der Waals surface area contributed by atoms with Crippen LogP contribution in [0.5, 0.6) is 0 Å². The van der Waals surface area contributed by atoms with Crippen molar-refractivity contribution in [3.8, 4) is 0 Å². The number of urea groups is 1. The lowest BCUT2D eigenvalue weighted by atomic mass is 10.2. The molecule has 8 heteroatoms. The summed E-state index contributed by atoms with van der Waals surface area (Å²) < 4.78 is 5.17. The van der Waals surface area contributed by atoms with Crippen LogP contribution < -0.4 is 16.4 Å². The fraction of sp³-hybridized carbons (Fsp3) is 0.167. The van der Waals surface area contributed by atoms with E-state index in [9.17, 15) is 14.4 Å². The topological polar surface area (TPSA) is 111 Å². The minimum Gasteiger partial charge on any atom is -0.449 e. The third-order valence-electron chi connectivity index (χ3n) is 3.54. The van der Waals surface area contributed by atoms with Gasteiger partial charge in [0.15, 0.2) is 6.10 Å². The van der Waals surface area contributed by atoms with E-state index in [0.717, 1.165) is 0 Å². The zero-order valence-corrected chi connectivity index (χ0v) is 15.0. The fourth-order valence-corrected chi connectivity index (χ4v) is 2.30. The van der Waals surface area contributed by atoms with Crippen LogP contribution in [0.3, 0.4) is 0 Å². The standard InChI is InChI=1S/C18H18ClN3O4/c1-10-14(19)7-4-8-15(10)22-16(23)11(2)26-17(24)12-5-3-6-13(9-12)21-18(20)25/h3-9,11H,1-2H3,(H,22,23)(H3,20,21,25)/t11-/m1/s1. The van der Waals surface area contributed by atoms with Crippen LogP contribution in [-0.2, 0) is 9.53 Å². The maximum atomic E-state index is 12.3. The molecular formula is C18H18ClN3O4. The number of nitrogens with two attached hydrogens (primary N) is 1. The lowest BCUT2D eigenvalue weighted by Gasteiger charge is -2.15. The minimum atomic E-state index is -1.03. The summed E-state index contributed by atoms with van der Waals surface area (Å²) in [7, 11) is 0. The minimum absolute atomic E-state index is 0.176. The van der Waals surface area contributed by atoms with Gasteiger partial charge >= 0.3 is 12.0 Å². The Balaban J connectivity index is 2.03. The predicted molar refractivity (Wildman–Crippen MR) is 99.3 cm³/mol. The molecule has 2 aromatic rings. The molecule has 0 saturated heterocycles. The van der Waals surface area contributed by atoms with Crippen molar-refractivity contribution in [3.63, 3.8) is 0 Å². The lowest BCUT2D eigenvalue weighted by molar-refractivity contribution is -0.123. The smallest absolute Gasteiger partial charge is 0.338 e. The second-order valence-corrected chi connectivity index (χ2v) is 5.93. The van der Waals surface area contributed by atoms with E-state index < -0.39 is 24.0 Å². The van der Waals surface area contributed by atoms with E-state index in [0.29, 0.717) is 22.0 Å². The Morgan fingerprint density at radius 1 is 1.12 bits per heavy atom. The maximum Gasteiger partial charge on any atom is 0.338 e. The molecule has 2 aromatic carbocycles. The molecular weight excluding hydrogens is 358 g/mol. The summed E-state index contributed by atoms with van der Waals surface area (Å²) in [4.78, 5) is 35.3. The van der Waals surface area contributed by atoms with Crippen LogP contribution >= 0.6 is 11.6 Å². The number of carbonyl (C=O) groups is 3. The van der Waals surface area contributed by atoms with E-state index in [-0.39, 0.29) is 5.56 Å². The molecule has 0 bridgehead atoms. The lowest BCUT2D eigenvalue weighted by Crippen LogP contribution is -2.30. The van der Waals surface area contributed by atoms with Crippen LogP contribution in [0.1, 0.15) is 22.8 Å². The molecule has 4 N–H and O–H groups in total. The number of carbonyl (C=O) groups excluding carboxylic acids is 3. The molecule has 26 heavy (non-hydrogen) atoms. The van der Waals surface area contributed by atoms with E-state index in [1.165, 1.54) is 19.1 Å². The van der Waals surface area contributed by atoms with Crippen molar-refractivity contribution < 1.29 is 19.1 Å². The van der Waals surface area contributed by atoms with Gasteiger partial charge in [0.25, 0.3) is 5.91 Å². The molecule has 0 aliphatic heterocycles. The van der Waals surface area contributed by atoms with Crippen molar-refractivity contribution in [1.29, 1.82) is 0 Å². The summed E-state index contributed by atoms with van der Waals surface area (Å²) >= 11 is 6.02. The number of nitrogens with one attached hydrogen (secondary N) is 2. The SMILES string of the molecule is Cc1c(Cl)cccc1NC(=O)[C@@H](C)OC(=O)c1cccc(NC(N)=O)c1. The highest BCUT2D eigenvalue weighted by Gasteiger charge is 2.20. The van der Waals surface area contributed by atoms with E-state index >= 15 is 0 Å². The Bertz CT molecular complexity index is 854. The number of amides is 3. The summed E-state index contributed by atoms with van der Waals surface area (Å²) in [6.45, 7) is 3.23. The van der Waals surface area contributed by atoms with Gasteiger partial charge in [-0.25, -0.2) is 9.59 Å². The number of primary amides is 1. The summed E-state index contributed by atoms with van der Waals surface area (Å²) in [6, 6.07) is 10.4. The first kappa shape index (κ1) is 19.3. The second-order valence-electron chi connectivity index (χ2n) is 5.52. The van der Waals surface area contributed by atoms with Gasteiger partial charge in [-0.15, -0.1) is 0 Å². The number of hydrogen-bond donors (Lipinski definition) is 3. The molecule has 0 heterocycles. The highest BCUT2D eigenvalue weighted by atomic mass is 35.5. The average molecular weight is 376 g/mol. The Morgan fingerprint density at radius 2 is 1.81 bits per heavy atom. The first-order valence-corrected chi connectivity index (χ1v) is 8.09. The van der Waals surface area contributed by atoms with E-state index in [1.54, 1.807) is 37.3 Å². The van der Waals surface area contributed by atoms with Crippen LogP contribution in [0.2, 0.25) is 5.02 Å². The van der Waals surface area contributed by atoms with Gasteiger partial charge in [-0.3, -0.25) is 4.79 Å². The third kappa shape index (κ3) is 4.97. The number of rotatable bonds is 5. The third-order valence-corrected chi connectivity index (χ3v) is 3.95. The first-order valence-electron chi connectivity index (χ1n) is 7.71. The van der Waals surface area contributed by atoms with Crippen LogP contribution in [0.15, 0.2) is 42.5 Å². The number of ether oxygens (including phenoxy) is 1. The molecule has 1 atom stereocenters. The second kappa shape index (κ2) is 8.35. The van der Waals surface area contributed by atoms with Crippen LogP contribution in [0.4, 0.5) is 16.2 Å². The molecule has 136 valence electrons. The maximum absolute atomic E-state index is 12.3. The van der Waals surface area contributed by atoms with Gasteiger partial charge in [0, 0.05) is 16.4 Å². The Morgan fingerprint density at radius 3 is 2.50 bits per heavy atom. The van der Waals surface area contributed by atoms with Crippen molar-refractivity contribution >= 4 is 40.9 Å². The summed E-state index contributed by atoms with van der Waals surface area (Å²) in [5.74, 6) is -1.20. The van der Waals surface area contributed by atoms with E-state index in [4.69, 9.17) is 22.1 Å². The van der Waals surface area contributed by atoms with Gasteiger partial charge < -0.3 is 21.1 Å². The molecule has 0 unspecified atom stereocenters. The number of esters is 1. The monoisotopic (exact) mass is 375 g/mol. The van der Waals surface area contributed by atoms with Crippen molar-refractivity contribution in [2.75, 3.05) is 10.6 Å². The van der Waals surface area contributed by atoms with Gasteiger partial charge in [-0.1, -0.05) is 23.7 Å². The highest BCUT2D eigenvalue weighted by Crippen LogP contribution is 2.23. The number of hydrogen-bond acceptors (Lipinski definition) is 4. The normalized spacial score (nSPS) is 11.3. The van der Waals surface area contributed by atoms with Crippen molar-refractivity contribution in [1.82, 2.24) is 0 Å². The molecule has 0 fully saturated rings. The molecule has 0 spiro atoms. The van der Waals surface area contributed by atoms with Crippen LogP contribution in [0.25, 0.3) is 0 Å². The first-order chi connectivity index (χ1) is 12.3. The zero-order valence-electron chi connectivity index (χ0n) is 14.2.